The van der Waals surface area contributed by atoms with Crippen molar-refractivity contribution >= 4 is 17.5 Å². The average Bonchev–Trinajstić information content (AvgIpc) is 2.39. The van der Waals surface area contributed by atoms with Crippen LogP contribution >= 0.6 is 11.8 Å². The molecular weight excluding hydrogens is 290 g/mol. The van der Waals surface area contributed by atoms with Crippen molar-refractivity contribution in [2.45, 2.75) is 25.7 Å². The zero-order valence-electron chi connectivity index (χ0n) is 12.2. The lowest BCUT2D eigenvalue weighted by Gasteiger charge is -2.10. The van der Waals surface area contributed by atoms with Crippen LogP contribution in [0.25, 0.3) is 0 Å². The fourth-order valence-electron chi connectivity index (χ4n) is 2.41. The number of aryl methyl sites for hydroxylation is 3. The largest absolute Gasteiger partial charge is 0.293 e. The van der Waals surface area contributed by atoms with Crippen LogP contribution in [0.15, 0.2) is 35.2 Å². The van der Waals surface area contributed by atoms with Crippen molar-refractivity contribution in [2.75, 3.05) is 5.75 Å². The van der Waals surface area contributed by atoms with Crippen molar-refractivity contribution in [3.05, 3.63) is 64.2 Å². The van der Waals surface area contributed by atoms with Gasteiger partial charge in [0.2, 0.25) is 0 Å². The second-order valence-corrected chi connectivity index (χ2v) is 6.11. The molecule has 0 N–H and O–H groups in total. The standard InChI is InChI=1S/C17H16F2OS/c1-10-6-11(2)17(12(3)7-10)16(20)9-21-13-4-5-14(18)15(19)8-13/h4-8H,9H2,1-3H3. The smallest absolute Gasteiger partial charge is 0.173 e. The highest BCUT2D eigenvalue weighted by Crippen LogP contribution is 2.24. The first-order chi connectivity index (χ1) is 9.88. The first-order valence-electron chi connectivity index (χ1n) is 6.57. The third-order valence-electron chi connectivity index (χ3n) is 3.22. The second kappa shape index (κ2) is 6.39. The van der Waals surface area contributed by atoms with Gasteiger partial charge >= 0.3 is 0 Å². The van der Waals surface area contributed by atoms with E-state index < -0.39 is 11.6 Å². The number of hydrogen-bond acceptors (Lipinski definition) is 2. The van der Waals surface area contributed by atoms with Gasteiger partial charge in [0.1, 0.15) is 0 Å². The number of hydrogen-bond donors (Lipinski definition) is 0. The molecule has 0 saturated heterocycles. The Hall–Kier alpha value is -1.68. The van der Waals surface area contributed by atoms with Crippen LogP contribution in [0.2, 0.25) is 0 Å². The van der Waals surface area contributed by atoms with Crippen LogP contribution < -0.4 is 0 Å². The molecule has 2 rings (SSSR count). The maximum atomic E-state index is 13.1. The summed E-state index contributed by atoms with van der Waals surface area (Å²) in [7, 11) is 0. The van der Waals surface area contributed by atoms with Crippen molar-refractivity contribution in [1.82, 2.24) is 0 Å². The van der Waals surface area contributed by atoms with Crippen LogP contribution in [0.1, 0.15) is 27.0 Å². The third kappa shape index (κ3) is 3.70. The summed E-state index contributed by atoms with van der Waals surface area (Å²) in [6, 6.07) is 7.61. The Bertz CT molecular complexity index is 672. The topological polar surface area (TPSA) is 17.1 Å². The Balaban J connectivity index is 2.13. The molecule has 2 aromatic rings. The van der Waals surface area contributed by atoms with E-state index in [0.29, 0.717) is 4.90 Å². The first-order valence-corrected chi connectivity index (χ1v) is 7.56. The second-order valence-electron chi connectivity index (χ2n) is 5.06. The summed E-state index contributed by atoms with van der Waals surface area (Å²) in [6.07, 6.45) is 0. The van der Waals surface area contributed by atoms with Gasteiger partial charge in [0.05, 0.1) is 5.75 Å². The van der Waals surface area contributed by atoms with Gasteiger partial charge in [-0.15, -0.1) is 11.8 Å². The molecule has 0 aliphatic rings. The highest BCUT2D eigenvalue weighted by Gasteiger charge is 2.13. The third-order valence-corrected chi connectivity index (χ3v) is 4.21. The van der Waals surface area contributed by atoms with Crippen LogP contribution in [0.4, 0.5) is 8.78 Å². The predicted octanol–water partition coefficient (Wildman–Crippen LogP) is 4.87. The Labute approximate surface area is 127 Å². The molecule has 1 nitrogen and oxygen atoms in total. The maximum Gasteiger partial charge on any atom is 0.173 e. The molecule has 0 fully saturated rings. The van der Waals surface area contributed by atoms with Crippen LogP contribution in [-0.2, 0) is 0 Å². The lowest BCUT2D eigenvalue weighted by molar-refractivity contribution is 0.102. The molecule has 0 spiro atoms. The lowest BCUT2D eigenvalue weighted by atomic mass is 9.97. The number of ketones is 1. The van der Waals surface area contributed by atoms with E-state index in [-0.39, 0.29) is 11.5 Å². The Morgan fingerprint density at radius 3 is 2.19 bits per heavy atom. The molecule has 0 saturated carbocycles. The summed E-state index contributed by atoms with van der Waals surface area (Å²) >= 11 is 1.21. The number of rotatable bonds is 4. The maximum absolute atomic E-state index is 13.1. The molecule has 0 heterocycles. The van der Waals surface area contributed by atoms with Gasteiger partial charge in [0.25, 0.3) is 0 Å². The van der Waals surface area contributed by atoms with Crippen molar-refractivity contribution in [2.24, 2.45) is 0 Å². The van der Waals surface area contributed by atoms with Gasteiger partial charge in [-0.1, -0.05) is 17.7 Å². The van der Waals surface area contributed by atoms with Crippen LogP contribution in [-0.4, -0.2) is 11.5 Å². The summed E-state index contributed by atoms with van der Waals surface area (Å²) in [5, 5.41) is 0. The minimum Gasteiger partial charge on any atom is -0.293 e. The average molecular weight is 306 g/mol. The minimum atomic E-state index is -0.893. The van der Waals surface area contributed by atoms with Gasteiger partial charge in [-0.3, -0.25) is 4.79 Å². The zero-order valence-corrected chi connectivity index (χ0v) is 13.0. The first kappa shape index (κ1) is 15.7. The van der Waals surface area contributed by atoms with E-state index in [1.807, 2.05) is 32.9 Å². The van der Waals surface area contributed by atoms with Crippen LogP contribution in [0.3, 0.4) is 0 Å². The fraction of sp³-hybridized carbons (Fsp3) is 0.235. The van der Waals surface area contributed by atoms with E-state index in [2.05, 4.69) is 0 Å². The van der Waals surface area contributed by atoms with Crippen LogP contribution in [0.5, 0.6) is 0 Å². The monoisotopic (exact) mass is 306 g/mol. The molecule has 4 heteroatoms. The number of benzene rings is 2. The molecule has 0 bridgehead atoms. The molecule has 0 aliphatic carbocycles. The van der Waals surface area contributed by atoms with Gasteiger partial charge in [-0.25, -0.2) is 8.78 Å². The molecule has 0 radical (unpaired) electrons. The molecule has 0 amide bonds. The molecule has 0 unspecified atom stereocenters. The van der Waals surface area contributed by atoms with Gasteiger partial charge in [-0.05, 0) is 50.1 Å². The van der Waals surface area contributed by atoms with Crippen LogP contribution in [0, 0.1) is 32.4 Å². The highest BCUT2D eigenvalue weighted by molar-refractivity contribution is 8.00. The van der Waals surface area contributed by atoms with Crippen molar-refractivity contribution in [3.63, 3.8) is 0 Å². The van der Waals surface area contributed by atoms with Gasteiger partial charge < -0.3 is 0 Å². The Morgan fingerprint density at radius 2 is 1.62 bits per heavy atom. The summed E-state index contributed by atoms with van der Waals surface area (Å²) < 4.78 is 26.0. The predicted molar refractivity (Wildman–Crippen MR) is 82.1 cm³/mol. The quantitative estimate of drug-likeness (QED) is 0.592. The Kier molecular flexibility index (Phi) is 4.78. The minimum absolute atomic E-state index is 0.000247. The van der Waals surface area contributed by atoms with E-state index in [9.17, 15) is 13.6 Å². The number of carbonyl (C=O) groups excluding carboxylic acids is 1. The van der Waals surface area contributed by atoms with E-state index in [1.165, 1.54) is 17.8 Å². The van der Waals surface area contributed by atoms with E-state index in [4.69, 9.17) is 0 Å². The van der Waals surface area contributed by atoms with Gasteiger partial charge in [0, 0.05) is 10.5 Å². The lowest BCUT2D eigenvalue weighted by Crippen LogP contribution is -2.07. The Morgan fingerprint density at radius 1 is 1.00 bits per heavy atom. The molecule has 0 atom stereocenters. The fourth-order valence-corrected chi connectivity index (χ4v) is 3.20. The molecule has 0 aromatic heterocycles. The normalized spacial score (nSPS) is 10.7. The van der Waals surface area contributed by atoms with Gasteiger partial charge in [0.15, 0.2) is 17.4 Å². The number of Topliss-reactive ketones (excluding diaryl/α,β-unsaturated/α-hetero) is 1. The summed E-state index contributed by atoms with van der Waals surface area (Å²) in [4.78, 5) is 12.9. The van der Waals surface area contributed by atoms with E-state index in [1.54, 1.807) is 0 Å². The van der Waals surface area contributed by atoms with Crippen molar-refractivity contribution < 1.29 is 13.6 Å². The summed E-state index contributed by atoms with van der Waals surface area (Å²) in [5.74, 6) is -1.57. The number of halogens is 2. The van der Waals surface area contributed by atoms with Gasteiger partial charge in [-0.2, -0.15) is 0 Å². The molecular formula is C17H16F2OS. The highest BCUT2D eigenvalue weighted by atomic mass is 32.2. The van der Waals surface area contributed by atoms with Crippen molar-refractivity contribution in [1.29, 1.82) is 0 Å². The van der Waals surface area contributed by atoms with E-state index >= 15 is 0 Å². The van der Waals surface area contributed by atoms with E-state index in [0.717, 1.165) is 34.4 Å². The molecule has 2 aromatic carbocycles. The number of thioether (sulfide) groups is 1. The molecule has 0 aliphatic heterocycles. The summed E-state index contributed by atoms with van der Waals surface area (Å²) in [6.45, 7) is 5.81. The SMILES string of the molecule is Cc1cc(C)c(C(=O)CSc2ccc(F)c(F)c2)c(C)c1. The molecule has 110 valence electrons. The zero-order chi connectivity index (χ0) is 15.6. The summed E-state index contributed by atoms with van der Waals surface area (Å²) in [5.41, 5.74) is 3.73. The number of carbonyl (C=O) groups is 1. The van der Waals surface area contributed by atoms with Crippen molar-refractivity contribution in [3.8, 4) is 0 Å². The molecule has 21 heavy (non-hydrogen) atoms.